The van der Waals surface area contributed by atoms with Crippen LogP contribution in [-0.2, 0) is 7.05 Å². The van der Waals surface area contributed by atoms with E-state index in [1.165, 1.54) is 0 Å². The molecule has 0 saturated carbocycles. The molecular weight excluding hydrogens is 304 g/mol. The van der Waals surface area contributed by atoms with E-state index in [0.29, 0.717) is 0 Å². The Morgan fingerprint density at radius 2 is 1.71 bits per heavy atom. The third-order valence-electron chi connectivity index (χ3n) is 4.31. The van der Waals surface area contributed by atoms with Crippen molar-refractivity contribution >= 4 is 22.8 Å². The monoisotopic (exact) mass is 324 g/mol. The Kier molecular flexibility index (Phi) is 3.72. The zero-order valence-electron chi connectivity index (χ0n) is 13.9. The number of fused-ring (bicyclic) bond motifs is 1. The summed E-state index contributed by atoms with van der Waals surface area (Å²) in [5, 5.41) is 5.34. The maximum atomic E-state index is 4.69. The molecule has 24 heavy (non-hydrogen) atoms. The van der Waals surface area contributed by atoms with Crippen molar-refractivity contribution in [3.8, 4) is 0 Å². The molecule has 0 aliphatic carbocycles. The van der Waals surface area contributed by atoms with Gasteiger partial charge >= 0.3 is 0 Å². The van der Waals surface area contributed by atoms with E-state index in [1.54, 1.807) is 17.1 Å². The van der Waals surface area contributed by atoms with Crippen LogP contribution in [0, 0.1) is 6.92 Å². The molecule has 1 aliphatic heterocycles. The molecule has 0 unspecified atom stereocenters. The maximum absolute atomic E-state index is 4.69. The van der Waals surface area contributed by atoms with Crippen LogP contribution < -0.4 is 9.80 Å². The van der Waals surface area contributed by atoms with Crippen LogP contribution in [0.25, 0.3) is 11.0 Å². The normalized spacial score (nSPS) is 15.8. The van der Waals surface area contributed by atoms with Gasteiger partial charge in [-0.15, -0.1) is 0 Å². The first-order chi connectivity index (χ1) is 11.7. The van der Waals surface area contributed by atoms with Crippen LogP contribution in [0.15, 0.2) is 24.7 Å². The Morgan fingerprint density at radius 1 is 0.958 bits per heavy atom. The molecule has 0 radical (unpaired) electrons. The van der Waals surface area contributed by atoms with Crippen molar-refractivity contribution in [1.29, 1.82) is 0 Å². The van der Waals surface area contributed by atoms with Crippen molar-refractivity contribution < 1.29 is 0 Å². The summed E-state index contributed by atoms with van der Waals surface area (Å²) in [6.07, 6.45) is 6.46. The van der Waals surface area contributed by atoms with Gasteiger partial charge in [-0.1, -0.05) is 0 Å². The van der Waals surface area contributed by atoms with Crippen LogP contribution in [-0.4, -0.2) is 55.9 Å². The van der Waals surface area contributed by atoms with Gasteiger partial charge in [0.25, 0.3) is 0 Å². The molecule has 1 fully saturated rings. The Bertz CT molecular complexity index is 844. The number of aryl methyl sites for hydroxylation is 2. The molecule has 8 heteroatoms. The van der Waals surface area contributed by atoms with Crippen molar-refractivity contribution in [2.45, 2.75) is 13.3 Å². The summed E-state index contributed by atoms with van der Waals surface area (Å²) in [6, 6.07) is 1.84. The van der Waals surface area contributed by atoms with E-state index in [-0.39, 0.29) is 0 Å². The predicted octanol–water partition coefficient (Wildman–Crippen LogP) is 1.18. The molecule has 0 N–H and O–H groups in total. The van der Waals surface area contributed by atoms with Crippen molar-refractivity contribution in [2.24, 2.45) is 7.05 Å². The quantitative estimate of drug-likeness (QED) is 0.700. The largest absolute Gasteiger partial charge is 0.354 e. The van der Waals surface area contributed by atoms with Crippen molar-refractivity contribution in [3.05, 3.63) is 30.5 Å². The summed E-state index contributed by atoms with van der Waals surface area (Å²) < 4.78 is 1.80. The second-order valence-electron chi connectivity index (χ2n) is 5.98. The van der Waals surface area contributed by atoms with Gasteiger partial charge in [0.05, 0.1) is 11.6 Å². The first kappa shape index (κ1) is 14.8. The van der Waals surface area contributed by atoms with Gasteiger partial charge in [-0.3, -0.25) is 4.68 Å². The zero-order valence-corrected chi connectivity index (χ0v) is 13.9. The van der Waals surface area contributed by atoms with Gasteiger partial charge in [-0.2, -0.15) is 5.10 Å². The molecule has 1 saturated heterocycles. The lowest BCUT2D eigenvalue weighted by atomic mass is 10.3. The topological polar surface area (TPSA) is 75.9 Å². The first-order valence-electron chi connectivity index (χ1n) is 8.15. The average molecular weight is 324 g/mol. The SMILES string of the molecule is Cc1nc(N2CCCN(c3ncccn3)CC2)c2cnn(C)c2n1. The number of aromatic nitrogens is 6. The van der Waals surface area contributed by atoms with E-state index in [2.05, 4.69) is 34.8 Å². The van der Waals surface area contributed by atoms with Crippen molar-refractivity contribution in [2.75, 3.05) is 36.0 Å². The number of hydrogen-bond acceptors (Lipinski definition) is 7. The van der Waals surface area contributed by atoms with Gasteiger partial charge < -0.3 is 9.80 Å². The molecule has 0 aromatic carbocycles. The molecule has 8 nitrogen and oxygen atoms in total. The Balaban J connectivity index is 1.62. The summed E-state index contributed by atoms with van der Waals surface area (Å²) in [6.45, 7) is 5.57. The van der Waals surface area contributed by atoms with E-state index >= 15 is 0 Å². The number of rotatable bonds is 2. The van der Waals surface area contributed by atoms with E-state index in [4.69, 9.17) is 0 Å². The van der Waals surface area contributed by atoms with E-state index in [0.717, 1.165) is 61.2 Å². The fraction of sp³-hybridized carbons (Fsp3) is 0.438. The molecule has 0 atom stereocenters. The summed E-state index contributed by atoms with van der Waals surface area (Å²) >= 11 is 0. The summed E-state index contributed by atoms with van der Waals surface area (Å²) in [5.41, 5.74) is 0.880. The molecule has 3 aromatic heterocycles. The molecule has 1 aliphatic rings. The van der Waals surface area contributed by atoms with Crippen LogP contribution in [0.3, 0.4) is 0 Å². The zero-order chi connectivity index (χ0) is 16.5. The van der Waals surface area contributed by atoms with E-state index in [9.17, 15) is 0 Å². The highest BCUT2D eigenvalue weighted by Gasteiger charge is 2.21. The lowest BCUT2D eigenvalue weighted by molar-refractivity contribution is 0.778. The highest BCUT2D eigenvalue weighted by molar-refractivity contribution is 5.87. The van der Waals surface area contributed by atoms with E-state index < -0.39 is 0 Å². The highest BCUT2D eigenvalue weighted by Crippen LogP contribution is 2.24. The minimum absolute atomic E-state index is 0.772. The molecule has 3 aromatic rings. The fourth-order valence-electron chi connectivity index (χ4n) is 3.14. The third-order valence-corrected chi connectivity index (χ3v) is 4.31. The summed E-state index contributed by atoms with van der Waals surface area (Å²) in [7, 11) is 1.91. The number of nitrogens with zero attached hydrogens (tertiary/aromatic N) is 8. The first-order valence-corrected chi connectivity index (χ1v) is 8.15. The molecule has 0 spiro atoms. The van der Waals surface area contributed by atoms with Gasteiger partial charge in [0.1, 0.15) is 11.6 Å². The van der Waals surface area contributed by atoms with E-state index in [1.807, 2.05) is 26.2 Å². The predicted molar refractivity (Wildman–Crippen MR) is 92.1 cm³/mol. The van der Waals surface area contributed by atoms with Crippen molar-refractivity contribution in [3.63, 3.8) is 0 Å². The fourth-order valence-corrected chi connectivity index (χ4v) is 3.14. The smallest absolute Gasteiger partial charge is 0.225 e. The summed E-state index contributed by atoms with van der Waals surface area (Å²) in [4.78, 5) is 22.5. The third kappa shape index (κ3) is 2.64. The number of anilines is 2. The standard InChI is InChI=1S/C16H20N8/c1-12-20-14-13(11-19-22(14)2)15(21-12)23-7-4-8-24(10-9-23)16-17-5-3-6-18-16/h3,5-6,11H,4,7-10H2,1-2H3. The van der Waals surface area contributed by atoms with Crippen LogP contribution >= 0.6 is 0 Å². The Labute approximate surface area is 140 Å². The minimum Gasteiger partial charge on any atom is -0.354 e. The average Bonchev–Trinajstić information content (AvgIpc) is 2.83. The second kappa shape index (κ2) is 6.03. The van der Waals surface area contributed by atoms with Gasteiger partial charge in [-0.25, -0.2) is 19.9 Å². The molecular formula is C16H20N8. The molecule has 0 amide bonds. The van der Waals surface area contributed by atoms with Crippen LogP contribution in [0.5, 0.6) is 0 Å². The highest BCUT2D eigenvalue weighted by atomic mass is 15.3. The maximum Gasteiger partial charge on any atom is 0.225 e. The van der Waals surface area contributed by atoms with Gasteiger partial charge in [0.2, 0.25) is 5.95 Å². The van der Waals surface area contributed by atoms with Gasteiger partial charge in [0, 0.05) is 45.6 Å². The second-order valence-corrected chi connectivity index (χ2v) is 5.98. The summed E-state index contributed by atoms with van der Waals surface area (Å²) in [5.74, 6) is 2.54. The molecule has 0 bridgehead atoms. The van der Waals surface area contributed by atoms with Crippen LogP contribution in [0.4, 0.5) is 11.8 Å². The lowest BCUT2D eigenvalue weighted by Gasteiger charge is -2.23. The number of hydrogen-bond donors (Lipinski definition) is 0. The lowest BCUT2D eigenvalue weighted by Crippen LogP contribution is -2.32. The molecule has 4 heterocycles. The molecule has 4 rings (SSSR count). The Hall–Kier alpha value is -2.77. The Morgan fingerprint density at radius 3 is 2.54 bits per heavy atom. The van der Waals surface area contributed by atoms with Crippen molar-refractivity contribution in [1.82, 2.24) is 29.7 Å². The van der Waals surface area contributed by atoms with Gasteiger partial charge in [-0.05, 0) is 19.4 Å². The van der Waals surface area contributed by atoms with Crippen LogP contribution in [0.2, 0.25) is 0 Å². The minimum atomic E-state index is 0.772. The van der Waals surface area contributed by atoms with Gasteiger partial charge in [0.15, 0.2) is 5.65 Å². The van der Waals surface area contributed by atoms with Crippen LogP contribution in [0.1, 0.15) is 12.2 Å². The molecule has 124 valence electrons.